The van der Waals surface area contributed by atoms with Gasteiger partial charge in [0.05, 0.1) is 29.7 Å². The average molecular weight is 298 g/mol. The number of carbonyl (C=O) groups excluding carboxylic acids is 2. The number of aliphatic hydroxyl groups excluding tert-OH is 1. The Kier molecular flexibility index (Phi) is 3.71. The summed E-state index contributed by atoms with van der Waals surface area (Å²) in [7, 11) is 0. The van der Waals surface area contributed by atoms with E-state index in [-0.39, 0.29) is 24.8 Å². The van der Waals surface area contributed by atoms with Crippen molar-refractivity contribution < 1.29 is 14.7 Å². The number of hydrogen-bond acceptors (Lipinski definition) is 4. The number of nitrogens with zero attached hydrogens (tertiary/aromatic N) is 2. The third-order valence-corrected chi connectivity index (χ3v) is 4.83. The van der Waals surface area contributed by atoms with Crippen LogP contribution in [-0.4, -0.2) is 28.4 Å². The van der Waals surface area contributed by atoms with E-state index in [9.17, 15) is 14.7 Å². The van der Waals surface area contributed by atoms with Gasteiger partial charge in [0.1, 0.15) is 0 Å². The zero-order valence-electron chi connectivity index (χ0n) is 12.3. The quantitative estimate of drug-likeness (QED) is 0.864. The molecule has 1 atom stereocenters. The maximum atomic E-state index is 12.6. The van der Waals surface area contributed by atoms with Crippen LogP contribution in [0.5, 0.6) is 0 Å². The van der Waals surface area contributed by atoms with E-state index in [1.54, 1.807) is 24.3 Å². The summed E-state index contributed by atoms with van der Waals surface area (Å²) >= 11 is 0. The molecule has 114 valence electrons. The first-order chi connectivity index (χ1) is 10.6. The highest BCUT2D eigenvalue weighted by atomic mass is 16.3. The van der Waals surface area contributed by atoms with E-state index in [0.717, 1.165) is 25.7 Å². The van der Waals surface area contributed by atoms with Crippen molar-refractivity contribution in [2.45, 2.75) is 38.2 Å². The first-order valence-electron chi connectivity index (χ1n) is 7.59. The van der Waals surface area contributed by atoms with Crippen LogP contribution >= 0.6 is 0 Å². The number of aliphatic hydroxyl groups is 1. The molecule has 1 saturated carbocycles. The van der Waals surface area contributed by atoms with Crippen molar-refractivity contribution in [3.63, 3.8) is 0 Å². The van der Waals surface area contributed by atoms with Gasteiger partial charge in [-0.15, -0.1) is 0 Å². The van der Waals surface area contributed by atoms with Gasteiger partial charge in [-0.1, -0.05) is 25.0 Å². The lowest BCUT2D eigenvalue weighted by atomic mass is 9.84. The minimum Gasteiger partial charge on any atom is -0.387 e. The molecular formula is C17H18N2O3. The second kappa shape index (κ2) is 5.54. The minimum atomic E-state index is -0.919. The highest BCUT2D eigenvalue weighted by Crippen LogP contribution is 2.47. The Bertz CT molecular complexity index is 639. The molecule has 1 aliphatic carbocycles. The van der Waals surface area contributed by atoms with Crippen LogP contribution in [0.25, 0.3) is 0 Å². The number of nitriles is 1. The summed E-state index contributed by atoms with van der Waals surface area (Å²) < 4.78 is 0. The van der Waals surface area contributed by atoms with Gasteiger partial charge in [-0.25, -0.2) is 0 Å². The minimum absolute atomic E-state index is 0.00861. The van der Waals surface area contributed by atoms with Crippen LogP contribution in [0.4, 0.5) is 0 Å². The number of β-amino-alcohol motifs (C(OH)–C–C–N with tert-alkyl or cyclic N) is 1. The Morgan fingerprint density at radius 3 is 2.45 bits per heavy atom. The fraction of sp³-hybridized carbons (Fsp3) is 0.471. The van der Waals surface area contributed by atoms with Gasteiger partial charge in [0.25, 0.3) is 0 Å². The van der Waals surface area contributed by atoms with Gasteiger partial charge in [-0.2, -0.15) is 5.26 Å². The lowest BCUT2D eigenvalue weighted by Crippen LogP contribution is -2.37. The van der Waals surface area contributed by atoms with E-state index in [0.29, 0.717) is 11.1 Å². The van der Waals surface area contributed by atoms with Gasteiger partial charge in [-0.05, 0) is 30.5 Å². The third-order valence-electron chi connectivity index (χ3n) is 4.83. The van der Waals surface area contributed by atoms with E-state index >= 15 is 0 Å². The van der Waals surface area contributed by atoms with Gasteiger partial charge in [0.2, 0.25) is 11.8 Å². The van der Waals surface area contributed by atoms with Crippen molar-refractivity contribution in [3.8, 4) is 6.07 Å². The topological polar surface area (TPSA) is 81.4 Å². The number of amides is 2. The monoisotopic (exact) mass is 298 g/mol. The molecule has 2 amide bonds. The van der Waals surface area contributed by atoms with Crippen LogP contribution in [0.15, 0.2) is 24.3 Å². The SMILES string of the molecule is N#Cc1ccc(C(O)CN2C(=O)CC3(CCCC3)C2=O)cc1. The fourth-order valence-corrected chi connectivity index (χ4v) is 3.55. The normalized spacial score (nSPS) is 21.4. The maximum Gasteiger partial charge on any atom is 0.236 e. The van der Waals surface area contributed by atoms with Crippen LogP contribution < -0.4 is 0 Å². The molecule has 1 aliphatic heterocycles. The Morgan fingerprint density at radius 2 is 1.86 bits per heavy atom. The van der Waals surface area contributed by atoms with Crippen LogP contribution in [0.2, 0.25) is 0 Å². The number of imide groups is 1. The highest BCUT2D eigenvalue weighted by molar-refractivity contribution is 6.06. The molecule has 1 spiro atoms. The van der Waals surface area contributed by atoms with Crippen molar-refractivity contribution in [2.24, 2.45) is 5.41 Å². The Hall–Kier alpha value is -2.19. The van der Waals surface area contributed by atoms with Crippen molar-refractivity contribution in [3.05, 3.63) is 35.4 Å². The van der Waals surface area contributed by atoms with Crippen LogP contribution in [0.1, 0.15) is 49.3 Å². The molecule has 0 bridgehead atoms. The zero-order valence-corrected chi connectivity index (χ0v) is 12.3. The molecule has 1 saturated heterocycles. The van der Waals surface area contributed by atoms with E-state index in [1.165, 1.54) is 4.90 Å². The molecule has 1 aromatic carbocycles. The van der Waals surface area contributed by atoms with Crippen molar-refractivity contribution in [1.82, 2.24) is 4.90 Å². The first kappa shape index (κ1) is 14.7. The third kappa shape index (κ3) is 2.40. The molecule has 2 fully saturated rings. The highest BCUT2D eigenvalue weighted by Gasteiger charge is 2.52. The first-order valence-corrected chi connectivity index (χ1v) is 7.59. The van der Waals surface area contributed by atoms with Gasteiger partial charge in [0.15, 0.2) is 0 Å². The number of benzene rings is 1. The van der Waals surface area contributed by atoms with Crippen LogP contribution in [-0.2, 0) is 9.59 Å². The van der Waals surface area contributed by atoms with Crippen molar-refractivity contribution in [2.75, 3.05) is 6.54 Å². The summed E-state index contributed by atoms with van der Waals surface area (Å²) in [5.74, 6) is -0.303. The predicted octanol–water partition coefficient (Wildman–Crippen LogP) is 1.91. The molecule has 5 heteroatoms. The summed E-state index contributed by atoms with van der Waals surface area (Å²) in [6.45, 7) is -0.00861. The van der Waals surface area contributed by atoms with Crippen molar-refractivity contribution in [1.29, 1.82) is 5.26 Å². The zero-order chi connectivity index (χ0) is 15.7. The van der Waals surface area contributed by atoms with E-state index in [2.05, 4.69) is 0 Å². The maximum absolute atomic E-state index is 12.6. The Balaban J connectivity index is 1.73. The molecule has 0 aromatic heterocycles. The lowest BCUT2D eigenvalue weighted by molar-refractivity contribution is -0.143. The summed E-state index contributed by atoms with van der Waals surface area (Å²) in [5.41, 5.74) is 0.614. The second-order valence-corrected chi connectivity index (χ2v) is 6.22. The summed E-state index contributed by atoms with van der Waals surface area (Å²) in [6.07, 6.45) is 2.90. The van der Waals surface area contributed by atoms with Crippen LogP contribution in [0.3, 0.4) is 0 Å². The Labute approximate surface area is 129 Å². The standard InChI is InChI=1S/C17H18N2O3/c18-10-12-3-5-13(6-4-12)14(20)11-19-15(21)9-17(16(19)22)7-1-2-8-17/h3-6,14,20H,1-2,7-9,11H2. The molecule has 1 N–H and O–H groups in total. The predicted molar refractivity (Wildman–Crippen MR) is 78.4 cm³/mol. The van der Waals surface area contributed by atoms with Crippen molar-refractivity contribution >= 4 is 11.8 Å². The molecule has 1 aromatic rings. The number of rotatable bonds is 3. The van der Waals surface area contributed by atoms with E-state index < -0.39 is 11.5 Å². The molecular weight excluding hydrogens is 280 g/mol. The average Bonchev–Trinajstić information content (AvgIpc) is 3.09. The fourth-order valence-electron chi connectivity index (χ4n) is 3.55. The number of hydrogen-bond donors (Lipinski definition) is 1. The second-order valence-electron chi connectivity index (χ2n) is 6.22. The molecule has 1 heterocycles. The molecule has 1 unspecified atom stereocenters. The summed E-state index contributed by atoms with van der Waals surface area (Å²) in [6, 6.07) is 8.55. The van der Waals surface area contributed by atoms with Gasteiger partial charge >= 0.3 is 0 Å². The smallest absolute Gasteiger partial charge is 0.236 e. The number of likely N-dealkylation sites (tertiary alicyclic amines) is 1. The van der Waals surface area contributed by atoms with Gasteiger partial charge in [0, 0.05) is 6.42 Å². The summed E-state index contributed by atoms with van der Waals surface area (Å²) in [5, 5.41) is 19.1. The molecule has 0 radical (unpaired) electrons. The van der Waals surface area contributed by atoms with E-state index in [4.69, 9.17) is 5.26 Å². The molecule has 2 aliphatic rings. The molecule has 5 nitrogen and oxygen atoms in total. The Morgan fingerprint density at radius 1 is 1.23 bits per heavy atom. The van der Waals surface area contributed by atoms with Gasteiger partial charge in [-0.3, -0.25) is 14.5 Å². The summed E-state index contributed by atoms with van der Waals surface area (Å²) in [4.78, 5) is 25.9. The number of carbonyl (C=O) groups is 2. The van der Waals surface area contributed by atoms with Crippen LogP contribution in [0, 0.1) is 16.7 Å². The van der Waals surface area contributed by atoms with Gasteiger partial charge < -0.3 is 5.11 Å². The van der Waals surface area contributed by atoms with E-state index in [1.807, 2.05) is 6.07 Å². The molecule has 3 rings (SSSR count). The lowest BCUT2D eigenvalue weighted by Gasteiger charge is -2.23. The largest absolute Gasteiger partial charge is 0.387 e. The molecule has 22 heavy (non-hydrogen) atoms.